The van der Waals surface area contributed by atoms with Crippen molar-refractivity contribution in [3.05, 3.63) is 23.8 Å². The van der Waals surface area contributed by atoms with Crippen LogP contribution in [-0.2, 0) is 3.79 Å². The lowest BCUT2D eigenvalue weighted by Crippen LogP contribution is -1.98. The van der Waals surface area contributed by atoms with Gasteiger partial charge in [-0.1, -0.05) is 46.9 Å². The van der Waals surface area contributed by atoms with Gasteiger partial charge < -0.3 is 15.3 Å². The number of halogens is 3. The van der Waals surface area contributed by atoms with E-state index in [1.54, 1.807) is 0 Å². The Morgan fingerprint density at radius 1 is 1.07 bits per heavy atom. The van der Waals surface area contributed by atoms with Gasteiger partial charge in [-0.3, -0.25) is 0 Å². The molecule has 3 N–H and O–H groups in total. The Hall–Kier alpha value is -0.0300. The molecule has 2 aliphatic rings. The van der Waals surface area contributed by atoms with Crippen molar-refractivity contribution in [2.24, 2.45) is 0 Å². The van der Waals surface area contributed by atoms with Crippen LogP contribution in [0, 0.1) is 0 Å². The summed E-state index contributed by atoms with van der Waals surface area (Å²) in [4.78, 5) is 0. The van der Waals surface area contributed by atoms with Gasteiger partial charge in [-0.15, -0.1) is 0 Å². The van der Waals surface area contributed by atoms with Crippen LogP contribution in [0.15, 0.2) is 18.2 Å². The number of aliphatic hydroxyl groups is 3. The molecule has 2 rings (SSSR count). The number of hydrogen-bond acceptors (Lipinski definition) is 3. The summed E-state index contributed by atoms with van der Waals surface area (Å²) < 4.78 is -1.25. The predicted octanol–water partition coefficient (Wildman–Crippen LogP) is 1.74. The van der Waals surface area contributed by atoms with Crippen molar-refractivity contribution in [3.8, 4) is 11.1 Å². The Labute approximate surface area is 95.5 Å². The molecule has 0 bridgehead atoms. The van der Waals surface area contributed by atoms with E-state index >= 15 is 0 Å². The molecule has 0 heterocycles. The van der Waals surface area contributed by atoms with E-state index in [0.717, 1.165) is 11.1 Å². The van der Waals surface area contributed by atoms with Crippen molar-refractivity contribution in [1.29, 1.82) is 0 Å². The molecule has 14 heavy (non-hydrogen) atoms. The number of aliphatic hydroxyl groups excluding tert-OH is 1. The van der Waals surface area contributed by atoms with Crippen molar-refractivity contribution in [3.63, 3.8) is 0 Å². The van der Waals surface area contributed by atoms with Crippen LogP contribution in [0.4, 0.5) is 0 Å². The molecule has 0 aromatic carbocycles. The lowest BCUT2D eigenvalue weighted by atomic mass is 10.3. The van der Waals surface area contributed by atoms with Gasteiger partial charge in [-0.25, -0.2) is 0 Å². The largest absolute Gasteiger partial charge is 0.346 e. The van der Waals surface area contributed by atoms with Gasteiger partial charge in [-0.2, -0.15) is 0 Å². The molecule has 0 spiro atoms. The third-order valence-corrected chi connectivity index (χ3v) is 2.16. The summed E-state index contributed by atoms with van der Waals surface area (Å²) in [7, 11) is 0. The second kappa shape index (κ2) is 4.23. The molecule has 0 saturated carbocycles. The lowest BCUT2D eigenvalue weighted by molar-refractivity contribution is -0.198. The molecular weight excluding hydrogens is 250 g/mol. The summed E-state index contributed by atoms with van der Waals surface area (Å²) in [5, 5.41) is 21.5. The molecule has 3 nitrogen and oxygen atoms in total. The van der Waals surface area contributed by atoms with Crippen molar-refractivity contribution < 1.29 is 15.3 Å². The van der Waals surface area contributed by atoms with E-state index in [0.29, 0.717) is 0 Å². The Kier molecular flexibility index (Phi) is 3.63. The molecule has 6 heteroatoms. The number of rotatable bonds is 0. The highest BCUT2D eigenvalue weighted by Crippen LogP contribution is 2.49. The van der Waals surface area contributed by atoms with Gasteiger partial charge >= 0.3 is 0 Å². The second-order valence-electron chi connectivity index (χ2n) is 2.60. The third kappa shape index (κ3) is 3.28. The van der Waals surface area contributed by atoms with Crippen LogP contribution < -0.4 is 0 Å². The first-order valence-electron chi connectivity index (χ1n) is 3.58. The molecule has 0 amide bonds. The van der Waals surface area contributed by atoms with Crippen molar-refractivity contribution in [2.75, 3.05) is 0 Å². The second-order valence-corrected chi connectivity index (χ2v) is 4.89. The summed E-state index contributed by atoms with van der Waals surface area (Å²) in [5.74, 6) is 0. The first-order valence-corrected chi connectivity index (χ1v) is 4.71. The van der Waals surface area contributed by atoms with Gasteiger partial charge in [0.2, 0.25) is 3.79 Å². The maximum atomic E-state index is 7.17. The Balaban J connectivity index is 0.000000213. The fourth-order valence-corrected chi connectivity index (χ4v) is 1.50. The van der Waals surface area contributed by atoms with Crippen LogP contribution in [0.1, 0.15) is 5.56 Å². The summed E-state index contributed by atoms with van der Waals surface area (Å²) in [6.07, 6.45) is 0. The van der Waals surface area contributed by atoms with Crippen LogP contribution in [0.25, 0.3) is 11.1 Å². The van der Waals surface area contributed by atoms with Crippen LogP contribution in [0.2, 0.25) is 0 Å². The van der Waals surface area contributed by atoms with Crippen LogP contribution in [0.5, 0.6) is 0 Å². The molecular formula is C8H7Cl3O3. The van der Waals surface area contributed by atoms with Crippen molar-refractivity contribution >= 4 is 34.8 Å². The highest BCUT2D eigenvalue weighted by Gasteiger charge is 2.31. The quantitative estimate of drug-likeness (QED) is 0.498. The Bertz CT molecular complexity index is 330. The number of alkyl halides is 3. The zero-order valence-electron chi connectivity index (χ0n) is 6.78. The maximum absolute atomic E-state index is 7.17. The fraction of sp³-hybridized carbons (Fsp3) is 0.250. The van der Waals surface area contributed by atoms with E-state index in [1.807, 2.05) is 18.2 Å². The average Bonchev–Trinajstić information content (AvgIpc) is 2.58. The highest BCUT2D eigenvalue weighted by molar-refractivity contribution is 6.67. The Morgan fingerprint density at radius 3 is 1.71 bits per heavy atom. The number of hydrogen-bond donors (Lipinski definition) is 3. The minimum atomic E-state index is -2.17. The molecule has 2 aliphatic carbocycles. The third-order valence-electron chi connectivity index (χ3n) is 1.55. The molecule has 0 atom stereocenters. The minimum absolute atomic E-state index is 0.799. The van der Waals surface area contributed by atoms with Gasteiger partial charge in [0, 0.05) is 5.56 Å². The average molecular weight is 258 g/mol. The van der Waals surface area contributed by atoms with E-state index in [-0.39, 0.29) is 0 Å². The van der Waals surface area contributed by atoms with Gasteiger partial charge in [0.05, 0.1) is 0 Å². The van der Waals surface area contributed by atoms with Gasteiger partial charge in [-0.05, 0) is 17.2 Å². The predicted molar refractivity (Wildman–Crippen MR) is 55.1 cm³/mol. The molecule has 78 valence electrons. The maximum Gasteiger partial charge on any atom is 0.263 e. The lowest BCUT2D eigenvalue weighted by Gasteiger charge is -2.07. The number of fused-ring (bicyclic) bond motifs is 1. The summed E-state index contributed by atoms with van der Waals surface area (Å²) in [6, 6.07) is 5.79. The summed E-state index contributed by atoms with van der Waals surface area (Å²) in [5.41, 5.74) is 3.09. The normalized spacial score (nSPS) is 12.2. The standard InChI is InChI=1S/C7H3Cl3.CH4O3/c8-7(9,10)6-2-1-4-3-5(4)6;2-1(3)4/h1-3H;1-4H. The smallest absolute Gasteiger partial charge is 0.263 e. The fourth-order valence-electron chi connectivity index (χ4n) is 1.00. The first-order chi connectivity index (χ1) is 6.32. The first kappa shape index (κ1) is 12.0. The van der Waals surface area contributed by atoms with E-state index in [4.69, 9.17) is 50.1 Å². The highest BCUT2D eigenvalue weighted by atomic mass is 35.6. The van der Waals surface area contributed by atoms with E-state index in [9.17, 15) is 0 Å². The zero-order chi connectivity index (χ0) is 10.9. The summed E-state index contributed by atoms with van der Waals surface area (Å²) >= 11 is 16.9. The summed E-state index contributed by atoms with van der Waals surface area (Å²) in [6.45, 7) is -2.17. The molecule has 0 fully saturated rings. The van der Waals surface area contributed by atoms with E-state index in [2.05, 4.69) is 0 Å². The van der Waals surface area contributed by atoms with Gasteiger partial charge in [0.1, 0.15) is 0 Å². The van der Waals surface area contributed by atoms with Crippen LogP contribution in [0.3, 0.4) is 0 Å². The van der Waals surface area contributed by atoms with Gasteiger partial charge in [0.25, 0.3) is 6.48 Å². The minimum Gasteiger partial charge on any atom is -0.346 e. The van der Waals surface area contributed by atoms with Crippen molar-refractivity contribution in [1.82, 2.24) is 0 Å². The number of benzene rings is 1. The molecule has 0 radical (unpaired) electrons. The molecule has 0 aromatic rings. The molecule has 0 aromatic heterocycles. The van der Waals surface area contributed by atoms with Crippen molar-refractivity contribution in [2.45, 2.75) is 10.3 Å². The molecule has 0 saturated heterocycles. The van der Waals surface area contributed by atoms with E-state index in [1.165, 1.54) is 5.56 Å². The van der Waals surface area contributed by atoms with Crippen LogP contribution >= 0.6 is 34.8 Å². The monoisotopic (exact) mass is 256 g/mol. The van der Waals surface area contributed by atoms with Gasteiger partial charge in [0.15, 0.2) is 0 Å². The topological polar surface area (TPSA) is 60.7 Å². The Morgan fingerprint density at radius 2 is 1.57 bits per heavy atom. The SMILES string of the molecule is ClC(Cl)(Cl)c1ccc2cc1-2.OC(O)O. The van der Waals surface area contributed by atoms with E-state index < -0.39 is 10.3 Å². The van der Waals surface area contributed by atoms with Crippen LogP contribution in [-0.4, -0.2) is 21.8 Å². The zero-order valence-corrected chi connectivity index (χ0v) is 9.05. The molecule has 0 unspecified atom stereocenters. The molecule has 0 aliphatic heterocycles.